The Morgan fingerprint density at radius 1 is 0.826 bits per heavy atom. The number of methoxy groups -OCH3 is 2. The first-order valence-electron chi connectivity index (χ1n) is 14.8. The Balaban J connectivity index is 1.80. The molecule has 0 aliphatic carbocycles. The van der Waals surface area contributed by atoms with Gasteiger partial charge in [0.25, 0.3) is 10.0 Å². The highest BCUT2D eigenvalue weighted by atomic mass is 35.5. The molecule has 0 spiro atoms. The summed E-state index contributed by atoms with van der Waals surface area (Å²) in [6.07, 6.45) is 0.927. The molecule has 1 atom stereocenters. The minimum absolute atomic E-state index is 0.0306. The van der Waals surface area contributed by atoms with Gasteiger partial charge in [-0.2, -0.15) is 0 Å². The van der Waals surface area contributed by atoms with Crippen molar-refractivity contribution in [3.8, 4) is 11.5 Å². The molecule has 0 unspecified atom stereocenters. The maximum atomic E-state index is 14.5. The number of ether oxygens (including phenoxy) is 2. The molecule has 0 saturated heterocycles. The van der Waals surface area contributed by atoms with E-state index in [0.29, 0.717) is 35.1 Å². The summed E-state index contributed by atoms with van der Waals surface area (Å²) in [7, 11) is -1.22. The zero-order chi connectivity index (χ0) is 33.1. The number of halogens is 1. The van der Waals surface area contributed by atoms with Crippen LogP contribution in [0.15, 0.2) is 108 Å². The molecular formula is C35H38ClN3O6S. The molecule has 0 aromatic heterocycles. The SMILES string of the molecule is CCCNC(=O)[C@H](Cc1ccccc1)N(Cc1cccc(OC)c1)C(=O)CN(c1ccc(Cl)cc1)S(=O)(=O)c1ccc(OC)cc1. The predicted octanol–water partition coefficient (Wildman–Crippen LogP) is 5.72. The molecule has 0 aliphatic heterocycles. The molecule has 0 bridgehead atoms. The van der Waals surface area contributed by atoms with Crippen molar-refractivity contribution in [1.82, 2.24) is 10.2 Å². The second kappa shape index (κ2) is 16.1. The first-order chi connectivity index (χ1) is 22.2. The summed E-state index contributed by atoms with van der Waals surface area (Å²) in [5.74, 6) is 0.171. The number of rotatable bonds is 15. The lowest BCUT2D eigenvalue weighted by Gasteiger charge is -2.34. The van der Waals surface area contributed by atoms with E-state index in [2.05, 4.69) is 5.32 Å². The molecule has 0 heterocycles. The minimum atomic E-state index is -4.26. The Morgan fingerprint density at radius 3 is 2.11 bits per heavy atom. The topological polar surface area (TPSA) is 105 Å². The van der Waals surface area contributed by atoms with E-state index < -0.39 is 28.5 Å². The van der Waals surface area contributed by atoms with Crippen molar-refractivity contribution in [3.63, 3.8) is 0 Å². The van der Waals surface area contributed by atoms with Gasteiger partial charge in [-0.1, -0.05) is 61.0 Å². The van der Waals surface area contributed by atoms with Crippen LogP contribution >= 0.6 is 11.6 Å². The van der Waals surface area contributed by atoms with E-state index in [1.54, 1.807) is 49.6 Å². The lowest BCUT2D eigenvalue weighted by Crippen LogP contribution is -2.53. The van der Waals surface area contributed by atoms with Crippen molar-refractivity contribution in [2.45, 2.75) is 37.2 Å². The Bertz CT molecular complexity index is 1700. The van der Waals surface area contributed by atoms with Gasteiger partial charge >= 0.3 is 0 Å². The number of carbonyl (C=O) groups is 2. The molecule has 242 valence electrons. The van der Waals surface area contributed by atoms with Crippen molar-refractivity contribution < 1.29 is 27.5 Å². The Hall–Kier alpha value is -4.54. The average molecular weight is 664 g/mol. The third kappa shape index (κ3) is 8.80. The maximum Gasteiger partial charge on any atom is 0.264 e. The van der Waals surface area contributed by atoms with Crippen LogP contribution in [0.4, 0.5) is 5.69 Å². The first-order valence-corrected chi connectivity index (χ1v) is 16.6. The fourth-order valence-electron chi connectivity index (χ4n) is 4.90. The molecule has 46 heavy (non-hydrogen) atoms. The summed E-state index contributed by atoms with van der Waals surface area (Å²) in [5, 5.41) is 3.35. The lowest BCUT2D eigenvalue weighted by atomic mass is 10.0. The zero-order valence-electron chi connectivity index (χ0n) is 26.1. The molecule has 0 fully saturated rings. The number of amides is 2. The molecule has 0 saturated carbocycles. The van der Waals surface area contributed by atoms with E-state index in [4.69, 9.17) is 21.1 Å². The van der Waals surface area contributed by atoms with Crippen molar-refractivity contribution in [1.29, 1.82) is 0 Å². The first kappa shape index (κ1) is 34.3. The number of carbonyl (C=O) groups excluding carboxylic acids is 2. The van der Waals surface area contributed by atoms with E-state index in [-0.39, 0.29) is 29.5 Å². The number of hydrogen-bond acceptors (Lipinski definition) is 6. The van der Waals surface area contributed by atoms with Gasteiger partial charge in [0.15, 0.2) is 0 Å². The Morgan fingerprint density at radius 2 is 1.48 bits per heavy atom. The van der Waals surface area contributed by atoms with Gasteiger partial charge in [0.1, 0.15) is 24.1 Å². The molecule has 1 N–H and O–H groups in total. The van der Waals surface area contributed by atoms with Crippen LogP contribution in [0.1, 0.15) is 24.5 Å². The summed E-state index contributed by atoms with van der Waals surface area (Å²) in [6.45, 7) is 1.82. The van der Waals surface area contributed by atoms with E-state index in [1.165, 1.54) is 36.3 Å². The number of benzene rings is 4. The molecule has 4 rings (SSSR count). The van der Waals surface area contributed by atoms with Crippen molar-refractivity contribution in [2.75, 3.05) is 31.6 Å². The monoisotopic (exact) mass is 663 g/mol. The van der Waals surface area contributed by atoms with Crippen molar-refractivity contribution in [2.24, 2.45) is 0 Å². The van der Waals surface area contributed by atoms with Crippen molar-refractivity contribution in [3.05, 3.63) is 119 Å². The largest absolute Gasteiger partial charge is 0.497 e. The maximum absolute atomic E-state index is 14.5. The van der Waals surface area contributed by atoms with Gasteiger partial charge in [-0.05, 0) is 78.2 Å². The highest BCUT2D eigenvalue weighted by Gasteiger charge is 2.34. The quantitative estimate of drug-likeness (QED) is 0.175. The molecule has 4 aromatic rings. The fourth-order valence-corrected chi connectivity index (χ4v) is 6.44. The van der Waals surface area contributed by atoms with Crippen LogP contribution in [0, 0.1) is 0 Å². The summed E-state index contributed by atoms with van der Waals surface area (Å²) >= 11 is 6.14. The van der Waals surface area contributed by atoms with E-state index >= 15 is 0 Å². The number of sulfonamides is 1. The van der Waals surface area contributed by atoms with Crippen LogP contribution < -0.4 is 19.1 Å². The number of anilines is 1. The Kier molecular flexibility index (Phi) is 12.1. The van der Waals surface area contributed by atoms with Gasteiger partial charge < -0.3 is 19.7 Å². The van der Waals surface area contributed by atoms with Crippen LogP contribution in [0.5, 0.6) is 11.5 Å². The summed E-state index contributed by atoms with van der Waals surface area (Å²) in [6, 6.07) is 27.8. The smallest absolute Gasteiger partial charge is 0.264 e. The Labute approximate surface area is 275 Å². The van der Waals surface area contributed by atoms with Crippen LogP contribution in [0.2, 0.25) is 5.02 Å². The molecular weight excluding hydrogens is 626 g/mol. The fraction of sp³-hybridized carbons (Fsp3) is 0.257. The van der Waals surface area contributed by atoms with Crippen molar-refractivity contribution >= 4 is 39.1 Å². The van der Waals surface area contributed by atoms with E-state index in [9.17, 15) is 18.0 Å². The lowest BCUT2D eigenvalue weighted by molar-refractivity contribution is -0.140. The van der Waals surface area contributed by atoms with Gasteiger partial charge in [-0.25, -0.2) is 8.42 Å². The van der Waals surface area contributed by atoms with Gasteiger partial charge in [-0.15, -0.1) is 0 Å². The van der Waals surface area contributed by atoms with Gasteiger partial charge in [0.05, 0.1) is 24.8 Å². The second-order valence-corrected chi connectivity index (χ2v) is 12.8. The normalized spacial score (nSPS) is 11.7. The third-order valence-corrected chi connectivity index (χ3v) is 9.39. The van der Waals surface area contributed by atoms with Crippen LogP contribution in [0.25, 0.3) is 0 Å². The number of nitrogens with zero attached hydrogens (tertiary/aromatic N) is 2. The molecule has 9 nitrogen and oxygen atoms in total. The third-order valence-electron chi connectivity index (χ3n) is 7.35. The van der Waals surface area contributed by atoms with E-state index in [0.717, 1.165) is 9.87 Å². The summed E-state index contributed by atoms with van der Waals surface area (Å²) in [4.78, 5) is 29.7. The van der Waals surface area contributed by atoms with E-state index in [1.807, 2.05) is 43.3 Å². The minimum Gasteiger partial charge on any atom is -0.497 e. The highest BCUT2D eigenvalue weighted by molar-refractivity contribution is 7.92. The summed E-state index contributed by atoms with van der Waals surface area (Å²) in [5.41, 5.74) is 1.80. The number of hydrogen-bond donors (Lipinski definition) is 1. The van der Waals surface area contributed by atoms with Gasteiger partial charge in [-0.3, -0.25) is 13.9 Å². The second-order valence-electron chi connectivity index (χ2n) is 10.5. The number of nitrogens with one attached hydrogen (secondary N) is 1. The molecule has 0 aliphatic rings. The highest BCUT2D eigenvalue weighted by Crippen LogP contribution is 2.28. The van der Waals surface area contributed by atoms with Crippen LogP contribution in [-0.4, -0.2) is 58.5 Å². The van der Waals surface area contributed by atoms with Crippen LogP contribution in [0.3, 0.4) is 0 Å². The van der Waals surface area contributed by atoms with Crippen LogP contribution in [-0.2, 0) is 32.6 Å². The molecule has 11 heteroatoms. The average Bonchev–Trinajstić information content (AvgIpc) is 3.08. The summed E-state index contributed by atoms with van der Waals surface area (Å²) < 4.78 is 39.9. The molecule has 4 aromatic carbocycles. The van der Waals surface area contributed by atoms with Gasteiger partial charge in [0.2, 0.25) is 11.8 Å². The van der Waals surface area contributed by atoms with Gasteiger partial charge in [0, 0.05) is 24.5 Å². The zero-order valence-corrected chi connectivity index (χ0v) is 27.6. The molecule has 0 radical (unpaired) electrons. The predicted molar refractivity (Wildman–Crippen MR) is 180 cm³/mol. The molecule has 2 amide bonds. The standard InChI is InChI=1S/C35H38ClN3O6S/c1-4-21-37-35(41)33(23-26-9-6-5-7-10-26)38(24-27-11-8-12-31(22-27)45-3)34(40)25-39(29-15-13-28(36)14-16-29)46(42,43)32-19-17-30(44-2)18-20-32/h5-20,22,33H,4,21,23-25H2,1-3H3,(H,37,41)/t33-/m0/s1.